The van der Waals surface area contributed by atoms with Crippen molar-refractivity contribution in [3.63, 3.8) is 0 Å². The van der Waals surface area contributed by atoms with Crippen LogP contribution in [0.15, 0.2) is 54.6 Å². The number of benzene rings is 2. The lowest BCUT2D eigenvalue weighted by Crippen LogP contribution is -2.44. The van der Waals surface area contributed by atoms with Gasteiger partial charge in [-0.3, -0.25) is 10.1 Å². The molecule has 24 heavy (non-hydrogen) atoms. The minimum Gasteiger partial charge on any atom is -0.378 e. The number of anilines is 3. The Balaban J connectivity index is 1.99. The van der Waals surface area contributed by atoms with Crippen LogP contribution in [0.2, 0.25) is 0 Å². The van der Waals surface area contributed by atoms with Crippen LogP contribution < -0.4 is 10.6 Å². The van der Waals surface area contributed by atoms with Gasteiger partial charge in [-0.1, -0.05) is 32.0 Å². The van der Waals surface area contributed by atoms with Gasteiger partial charge in [0, 0.05) is 34.8 Å². The molecule has 2 aromatic carbocycles. The maximum Gasteiger partial charge on any atom is 0.238 e. The Bertz CT molecular complexity index is 643. The van der Waals surface area contributed by atoms with E-state index in [1.165, 1.54) is 0 Å². The fourth-order valence-electron chi connectivity index (χ4n) is 2.77. The van der Waals surface area contributed by atoms with Crippen LogP contribution in [0.4, 0.5) is 17.1 Å². The van der Waals surface area contributed by atoms with Gasteiger partial charge in [-0.15, -0.1) is 0 Å². The van der Waals surface area contributed by atoms with Gasteiger partial charge in [-0.2, -0.15) is 0 Å². The number of nitro groups is 1. The monoisotopic (exact) mass is 327 g/mol. The van der Waals surface area contributed by atoms with Gasteiger partial charge in [0.15, 0.2) is 0 Å². The van der Waals surface area contributed by atoms with E-state index in [2.05, 4.69) is 10.6 Å². The molecule has 0 radical (unpaired) electrons. The predicted octanol–water partition coefficient (Wildman–Crippen LogP) is 5.07. The Labute approximate surface area is 143 Å². The van der Waals surface area contributed by atoms with Gasteiger partial charge in [0.2, 0.25) is 5.54 Å². The molecule has 0 saturated heterocycles. The Morgan fingerprint density at radius 3 is 2.08 bits per heavy atom. The van der Waals surface area contributed by atoms with Crippen molar-refractivity contribution in [2.45, 2.75) is 38.6 Å². The Hall–Kier alpha value is -2.56. The van der Waals surface area contributed by atoms with Crippen molar-refractivity contribution in [1.82, 2.24) is 0 Å². The highest BCUT2D eigenvalue weighted by atomic mass is 16.6. The number of nitrogens with zero attached hydrogens (tertiary/aromatic N) is 1. The minimum atomic E-state index is -0.893. The third-order valence-corrected chi connectivity index (χ3v) is 4.33. The molecule has 128 valence electrons. The van der Waals surface area contributed by atoms with E-state index in [4.69, 9.17) is 0 Å². The van der Waals surface area contributed by atoms with Crippen LogP contribution in [-0.4, -0.2) is 17.0 Å². The second-order valence-electron chi connectivity index (χ2n) is 6.01. The largest absolute Gasteiger partial charge is 0.378 e. The summed E-state index contributed by atoms with van der Waals surface area (Å²) in [4.78, 5) is 11.3. The van der Waals surface area contributed by atoms with Crippen molar-refractivity contribution in [1.29, 1.82) is 0 Å². The van der Waals surface area contributed by atoms with Gasteiger partial charge in [-0.25, -0.2) is 0 Å². The van der Waals surface area contributed by atoms with Crippen LogP contribution in [0.5, 0.6) is 0 Å². The first kappa shape index (κ1) is 17.8. The molecule has 0 aliphatic carbocycles. The van der Waals surface area contributed by atoms with Crippen LogP contribution >= 0.6 is 0 Å². The SMILES string of the molecule is CCCC(CC)(CNc1ccc(Nc2ccccc2)cc1)[N+](=O)[O-]. The van der Waals surface area contributed by atoms with Crippen LogP contribution in [0.1, 0.15) is 33.1 Å². The first-order chi connectivity index (χ1) is 11.6. The number of rotatable bonds is 9. The summed E-state index contributed by atoms with van der Waals surface area (Å²) >= 11 is 0. The Morgan fingerprint density at radius 2 is 1.54 bits per heavy atom. The molecule has 0 aliphatic heterocycles. The summed E-state index contributed by atoms with van der Waals surface area (Å²) in [6.07, 6.45) is 1.90. The molecule has 0 spiro atoms. The van der Waals surface area contributed by atoms with E-state index in [-0.39, 0.29) is 4.92 Å². The van der Waals surface area contributed by atoms with E-state index in [0.29, 0.717) is 19.4 Å². The van der Waals surface area contributed by atoms with E-state index in [1.807, 2.05) is 68.4 Å². The summed E-state index contributed by atoms with van der Waals surface area (Å²) in [5.41, 5.74) is 2.01. The van der Waals surface area contributed by atoms with Crippen molar-refractivity contribution in [2.75, 3.05) is 17.2 Å². The van der Waals surface area contributed by atoms with Crippen molar-refractivity contribution < 1.29 is 4.92 Å². The third-order valence-electron chi connectivity index (χ3n) is 4.33. The van der Waals surface area contributed by atoms with E-state index in [1.54, 1.807) is 0 Å². The molecule has 5 heteroatoms. The molecule has 2 aromatic rings. The van der Waals surface area contributed by atoms with E-state index in [0.717, 1.165) is 23.5 Å². The van der Waals surface area contributed by atoms with E-state index in [9.17, 15) is 10.1 Å². The molecule has 0 saturated carbocycles. The fraction of sp³-hybridized carbons (Fsp3) is 0.368. The summed E-state index contributed by atoms with van der Waals surface area (Å²) < 4.78 is 0. The maximum absolute atomic E-state index is 11.5. The lowest BCUT2D eigenvalue weighted by atomic mass is 9.91. The summed E-state index contributed by atoms with van der Waals surface area (Å²) in [5.74, 6) is 0. The average Bonchev–Trinajstić information content (AvgIpc) is 2.60. The maximum atomic E-state index is 11.5. The highest BCUT2D eigenvalue weighted by molar-refractivity contribution is 5.62. The van der Waals surface area contributed by atoms with Crippen molar-refractivity contribution >= 4 is 17.1 Å². The molecular weight excluding hydrogens is 302 g/mol. The Kier molecular flexibility index (Phi) is 6.18. The van der Waals surface area contributed by atoms with Crippen molar-refractivity contribution in [2.24, 2.45) is 0 Å². The first-order valence-corrected chi connectivity index (χ1v) is 8.40. The number of hydrogen-bond acceptors (Lipinski definition) is 4. The van der Waals surface area contributed by atoms with Gasteiger partial charge < -0.3 is 10.6 Å². The van der Waals surface area contributed by atoms with Gasteiger partial charge in [0.05, 0.1) is 6.54 Å². The average molecular weight is 327 g/mol. The zero-order valence-corrected chi connectivity index (χ0v) is 14.3. The van der Waals surface area contributed by atoms with Crippen molar-refractivity contribution in [3.8, 4) is 0 Å². The van der Waals surface area contributed by atoms with Crippen molar-refractivity contribution in [3.05, 3.63) is 64.7 Å². The molecule has 1 atom stereocenters. The molecule has 0 aromatic heterocycles. The molecule has 0 bridgehead atoms. The van der Waals surface area contributed by atoms with Gasteiger partial charge >= 0.3 is 0 Å². The fourth-order valence-corrected chi connectivity index (χ4v) is 2.77. The first-order valence-electron chi connectivity index (χ1n) is 8.40. The zero-order valence-electron chi connectivity index (χ0n) is 14.3. The topological polar surface area (TPSA) is 67.2 Å². The minimum absolute atomic E-state index is 0.130. The third kappa shape index (κ3) is 4.47. The quantitative estimate of drug-likeness (QED) is 0.498. The van der Waals surface area contributed by atoms with Gasteiger partial charge in [0.1, 0.15) is 0 Å². The standard InChI is InChI=1S/C19H25N3O2/c1-3-14-19(4-2,22(23)24)15-20-16-10-12-18(13-11-16)21-17-8-6-5-7-9-17/h5-13,20-21H,3-4,14-15H2,1-2H3. The smallest absolute Gasteiger partial charge is 0.238 e. The lowest BCUT2D eigenvalue weighted by Gasteiger charge is -2.24. The predicted molar refractivity (Wildman–Crippen MR) is 99.6 cm³/mol. The molecule has 0 aliphatic rings. The van der Waals surface area contributed by atoms with Gasteiger partial charge in [-0.05, 0) is 42.8 Å². The molecular formula is C19H25N3O2. The van der Waals surface area contributed by atoms with Crippen LogP contribution in [0.25, 0.3) is 0 Å². The molecule has 0 heterocycles. The van der Waals surface area contributed by atoms with Gasteiger partial charge in [0.25, 0.3) is 0 Å². The second-order valence-corrected chi connectivity index (χ2v) is 6.01. The lowest BCUT2D eigenvalue weighted by molar-refractivity contribution is -0.567. The molecule has 0 amide bonds. The highest BCUT2D eigenvalue weighted by Gasteiger charge is 2.39. The van der Waals surface area contributed by atoms with Crippen LogP contribution in [0, 0.1) is 10.1 Å². The molecule has 0 fully saturated rings. The number of para-hydroxylation sites is 1. The number of hydrogen-bond donors (Lipinski definition) is 2. The zero-order chi connectivity index (χ0) is 17.4. The summed E-state index contributed by atoms with van der Waals surface area (Å²) in [6, 6.07) is 17.8. The van der Waals surface area contributed by atoms with Crippen LogP contribution in [0.3, 0.4) is 0 Å². The molecule has 1 unspecified atom stereocenters. The second kappa shape index (κ2) is 8.34. The van der Waals surface area contributed by atoms with Crippen LogP contribution in [-0.2, 0) is 0 Å². The highest BCUT2D eigenvalue weighted by Crippen LogP contribution is 2.24. The van der Waals surface area contributed by atoms with E-state index >= 15 is 0 Å². The summed E-state index contributed by atoms with van der Waals surface area (Å²) in [7, 11) is 0. The molecule has 2 rings (SSSR count). The number of nitrogens with one attached hydrogen (secondary N) is 2. The molecule has 5 nitrogen and oxygen atoms in total. The summed E-state index contributed by atoms with van der Waals surface area (Å²) in [5, 5.41) is 18.0. The molecule has 2 N–H and O–H groups in total. The summed E-state index contributed by atoms with van der Waals surface area (Å²) in [6.45, 7) is 4.21. The van der Waals surface area contributed by atoms with E-state index < -0.39 is 5.54 Å². The normalized spacial score (nSPS) is 13.1. The Morgan fingerprint density at radius 1 is 0.958 bits per heavy atom.